The zero-order chi connectivity index (χ0) is 10.0. The second-order valence-electron chi connectivity index (χ2n) is 2.76. The van der Waals surface area contributed by atoms with Crippen LogP contribution in [0.25, 0.3) is 11.6 Å². The maximum absolute atomic E-state index is 11.2. The van der Waals surface area contributed by atoms with E-state index in [9.17, 15) is 9.59 Å². The SMILES string of the molecule is C/C=c1\oc(=O)c(=C(C)C)oc1=O. The van der Waals surface area contributed by atoms with Crippen molar-refractivity contribution < 1.29 is 8.83 Å². The van der Waals surface area contributed by atoms with E-state index in [4.69, 9.17) is 8.83 Å². The smallest absolute Gasteiger partial charge is 0.379 e. The van der Waals surface area contributed by atoms with Gasteiger partial charge in [0.15, 0.2) is 0 Å². The lowest BCUT2D eigenvalue weighted by Crippen LogP contribution is -2.38. The summed E-state index contributed by atoms with van der Waals surface area (Å²) < 4.78 is 9.47. The fourth-order valence-electron chi connectivity index (χ4n) is 0.856. The number of hydrogen-bond donors (Lipinski definition) is 0. The average molecular weight is 182 g/mol. The minimum atomic E-state index is -0.627. The highest BCUT2D eigenvalue weighted by molar-refractivity contribution is 5.32. The minimum Gasteiger partial charge on any atom is -0.413 e. The van der Waals surface area contributed by atoms with E-state index in [2.05, 4.69) is 0 Å². The third kappa shape index (κ3) is 1.77. The van der Waals surface area contributed by atoms with Gasteiger partial charge in [0.25, 0.3) is 0 Å². The highest BCUT2D eigenvalue weighted by Crippen LogP contribution is 1.79. The normalized spacial score (nSPS) is 11.8. The molecule has 0 atom stereocenters. The van der Waals surface area contributed by atoms with E-state index in [1.165, 1.54) is 6.08 Å². The molecule has 0 aromatic carbocycles. The van der Waals surface area contributed by atoms with Gasteiger partial charge in [0.2, 0.25) is 10.8 Å². The molecule has 0 saturated carbocycles. The Labute approximate surface area is 73.8 Å². The Morgan fingerprint density at radius 3 is 2.23 bits per heavy atom. The van der Waals surface area contributed by atoms with E-state index in [1.54, 1.807) is 20.8 Å². The molecule has 1 aromatic rings. The summed E-state index contributed by atoms with van der Waals surface area (Å²) in [4.78, 5) is 22.2. The fourth-order valence-corrected chi connectivity index (χ4v) is 0.856. The Morgan fingerprint density at radius 2 is 1.77 bits per heavy atom. The predicted molar refractivity (Wildman–Crippen MR) is 47.7 cm³/mol. The number of rotatable bonds is 0. The monoisotopic (exact) mass is 182 g/mol. The fraction of sp³-hybridized carbons (Fsp3) is 0.333. The maximum atomic E-state index is 11.2. The van der Waals surface area contributed by atoms with Crippen LogP contribution in [-0.2, 0) is 0 Å². The third-order valence-corrected chi connectivity index (χ3v) is 1.50. The van der Waals surface area contributed by atoms with Gasteiger partial charge in [-0.2, -0.15) is 0 Å². The molecule has 4 heteroatoms. The Hall–Kier alpha value is -1.58. The van der Waals surface area contributed by atoms with Gasteiger partial charge in [-0.05, 0) is 32.4 Å². The van der Waals surface area contributed by atoms with Crippen molar-refractivity contribution in [3.8, 4) is 0 Å². The molecule has 1 heterocycles. The topological polar surface area (TPSA) is 60.4 Å². The molecule has 0 aliphatic heterocycles. The summed E-state index contributed by atoms with van der Waals surface area (Å²) in [5.41, 5.74) is -0.704. The van der Waals surface area contributed by atoms with Crippen molar-refractivity contribution in [2.24, 2.45) is 0 Å². The van der Waals surface area contributed by atoms with Gasteiger partial charge in [0.1, 0.15) is 0 Å². The summed E-state index contributed by atoms with van der Waals surface area (Å²) in [6.07, 6.45) is 1.39. The summed E-state index contributed by atoms with van der Waals surface area (Å²) in [5, 5.41) is 0. The molecule has 0 spiro atoms. The van der Waals surface area contributed by atoms with Crippen molar-refractivity contribution in [1.29, 1.82) is 0 Å². The predicted octanol–water partition coefficient (Wildman–Crippen LogP) is -0.416. The van der Waals surface area contributed by atoms with E-state index in [1.807, 2.05) is 0 Å². The van der Waals surface area contributed by atoms with Crippen LogP contribution >= 0.6 is 0 Å². The Morgan fingerprint density at radius 1 is 1.15 bits per heavy atom. The Kier molecular flexibility index (Phi) is 2.51. The minimum absolute atomic E-state index is 0.0180. The van der Waals surface area contributed by atoms with Crippen LogP contribution in [0.4, 0.5) is 0 Å². The molecule has 0 aliphatic carbocycles. The zero-order valence-electron chi connectivity index (χ0n) is 7.71. The second kappa shape index (κ2) is 3.43. The first kappa shape index (κ1) is 9.51. The molecule has 0 N–H and O–H groups in total. The molecule has 70 valence electrons. The standard InChI is InChI=1S/C9H10O4/c1-4-6-8(10)13-7(5(2)3)9(11)12-6/h4H,1-3H3/b6-4-. The van der Waals surface area contributed by atoms with Gasteiger partial charge in [-0.15, -0.1) is 0 Å². The summed E-state index contributed by atoms with van der Waals surface area (Å²) in [6.45, 7) is 4.94. The molecular weight excluding hydrogens is 172 g/mol. The summed E-state index contributed by atoms with van der Waals surface area (Å²) in [5.74, 6) is 0. The van der Waals surface area contributed by atoms with E-state index in [0.717, 1.165) is 0 Å². The molecule has 0 radical (unpaired) electrons. The van der Waals surface area contributed by atoms with Crippen molar-refractivity contribution in [3.05, 3.63) is 31.7 Å². The maximum Gasteiger partial charge on any atom is 0.379 e. The van der Waals surface area contributed by atoms with E-state index in [-0.39, 0.29) is 10.8 Å². The third-order valence-electron chi connectivity index (χ3n) is 1.50. The van der Waals surface area contributed by atoms with Gasteiger partial charge in [0.05, 0.1) is 0 Å². The van der Waals surface area contributed by atoms with Gasteiger partial charge in [-0.25, -0.2) is 9.59 Å². The lowest BCUT2D eigenvalue weighted by molar-refractivity contribution is 0.344. The molecule has 13 heavy (non-hydrogen) atoms. The summed E-state index contributed by atoms with van der Waals surface area (Å²) in [7, 11) is 0. The van der Waals surface area contributed by atoms with Crippen molar-refractivity contribution in [2.75, 3.05) is 0 Å². The molecule has 1 rings (SSSR count). The Balaban J connectivity index is 3.90. The summed E-state index contributed by atoms with van der Waals surface area (Å²) in [6, 6.07) is 0. The van der Waals surface area contributed by atoms with E-state index in [0.29, 0.717) is 5.57 Å². The van der Waals surface area contributed by atoms with Gasteiger partial charge in [-0.1, -0.05) is 0 Å². The largest absolute Gasteiger partial charge is 0.413 e. The number of hydrogen-bond acceptors (Lipinski definition) is 4. The highest BCUT2D eigenvalue weighted by Gasteiger charge is 1.99. The van der Waals surface area contributed by atoms with Crippen molar-refractivity contribution in [3.63, 3.8) is 0 Å². The van der Waals surface area contributed by atoms with Crippen molar-refractivity contribution >= 4 is 11.6 Å². The average Bonchev–Trinajstić information content (AvgIpc) is 2.07. The highest BCUT2D eigenvalue weighted by atomic mass is 16.5. The van der Waals surface area contributed by atoms with Gasteiger partial charge >= 0.3 is 11.3 Å². The van der Waals surface area contributed by atoms with Crippen molar-refractivity contribution in [1.82, 2.24) is 0 Å². The first-order valence-electron chi connectivity index (χ1n) is 3.84. The molecule has 0 aliphatic rings. The molecule has 0 bridgehead atoms. The molecule has 0 unspecified atom stereocenters. The van der Waals surface area contributed by atoms with Gasteiger partial charge in [0, 0.05) is 0 Å². The van der Waals surface area contributed by atoms with Crippen LogP contribution in [0.15, 0.2) is 18.4 Å². The van der Waals surface area contributed by atoms with E-state index >= 15 is 0 Å². The van der Waals surface area contributed by atoms with E-state index < -0.39 is 11.3 Å². The molecule has 0 fully saturated rings. The van der Waals surface area contributed by atoms with Crippen LogP contribution in [0, 0.1) is 0 Å². The molecule has 1 aromatic heterocycles. The second-order valence-corrected chi connectivity index (χ2v) is 2.76. The van der Waals surface area contributed by atoms with Crippen LogP contribution < -0.4 is 22.1 Å². The lowest BCUT2D eigenvalue weighted by atomic mass is 10.3. The van der Waals surface area contributed by atoms with Crippen LogP contribution in [0.1, 0.15) is 20.8 Å². The van der Waals surface area contributed by atoms with Gasteiger partial charge in [-0.3, -0.25) is 0 Å². The first-order valence-corrected chi connectivity index (χ1v) is 3.84. The molecule has 4 nitrogen and oxygen atoms in total. The quantitative estimate of drug-likeness (QED) is 0.547. The van der Waals surface area contributed by atoms with Crippen LogP contribution in [0.5, 0.6) is 0 Å². The van der Waals surface area contributed by atoms with Crippen LogP contribution in [0.2, 0.25) is 0 Å². The summed E-state index contributed by atoms with van der Waals surface area (Å²) >= 11 is 0. The lowest BCUT2D eigenvalue weighted by Gasteiger charge is -1.87. The molecular formula is C9H10O4. The van der Waals surface area contributed by atoms with Crippen LogP contribution in [-0.4, -0.2) is 0 Å². The van der Waals surface area contributed by atoms with Gasteiger partial charge < -0.3 is 8.83 Å². The first-order chi connectivity index (χ1) is 6.06. The van der Waals surface area contributed by atoms with Crippen molar-refractivity contribution in [2.45, 2.75) is 20.8 Å². The molecule has 0 amide bonds. The van der Waals surface area contributed by atoms with Crippen LogP contribution in [0.3, 0.4) is 0 Å². The zero-order valence-corrected chi connectivity index (χ0v) is 7.71. The Bertz CT molecular complexity index is 526. The molecule has 0 saturated heterocycles.